The van der Waals surface area contributed by atoms with Crippen LogP contribution in [0.1, 0.15) is 58.3 Å². The van der Waals surface area contributed by atoms with Gasteiger partial charge in [0.15, 0.2) is 0 Å². The van der Waals surface area contributed by atoms with E-state index in [1.54, 1.807) is 0 Å². The second-order valence-corrected chi connectivity index (χ2v) is 5.18. The summed E-state index contributed by atoms with van der Waals surface area (Å²) in [7, 11) is 0. The SMILES string of the molecule is CCCCOCC(O)CNC1CCCCCC1. The van der Waals surface area contributed by atoms with Crippen LogP contribution < -0.4 is 5.32 Å². The highest BCUT2D eigenvalue weighted by Gasteiger charge is 2.13. The molecule has 0 bridgehead atoms. The van der Waals surface area contributed by atoms with Crippen molar-refractivity contribution < 1.29 is 9.84 Å². The largest absolute Gasteiger partial charge is 0.389 e. The Labute approximate surface area is 106 Å². The smallest absolute Gasteiger partial charge is 0.0897 e. The lowest BCUT2D eigenvalue weighted by molar-refractivity contribution is 0.0343. The fraction of sp³-hybridized carbons (Fsp3) is 1.00. The average molecular weight is 243 g/mol. The molecule has 2 N–H and O–H groups in total. The van der Waals surface area contributed by atoms with Gasteiger partial charge < -0.3 is 15.2 Å². The highest BCUT2D eigenvalue weighted by atomic mass is 16.5. The fourth-order valence-electron chi connectivity index (χ4n) is 2.31. The normalized spacial score (nSPS) is 20.1. The van der Waals surface area contributed by atoms with Gasteiger partial charge in [-0.2, -0.15) is 0 Å². The van der Waals surface area contributed by atoms with Crippen LogP contribution in [0.2, 0.25) is 0 Å². The van der Waals surface area contributed by atoms with Gasteiger partial charge in [-0.1, -0.05) is 39.0 Å². The number of nitrogens with one attached hydrogen (secondary N) is 1. The molecule has 0 amide bonds. The summed E-state index contributed by atoms with van der Waals surface area (Å²) in [5.74, 6) is 0. The first-order valence-corrected chi connectivity index (χ1v) is 7.32. The molecule has 1 saturated carbocycles. The van der Waals surface area contributed by atoms with Crippen molar-refractivity contribution in [3.8, 4) is 0 Å². The molecule has 3 heteroatoms. The van der Waals surface area contributed by atoms with Crippen molar-refractivity contribution in [1.82, 2.24) is 5.32 Å². The number of aliphatic hydroxyl groups is 1. The Hall–Kier alpha value is -0.120. The second kappa shape index (κ2) is 9.86. The summed E-state index contributed by atoms with van der Waals surface area (Å²) in [6.45, 7) is 4.07. The molecular formula is C14H29NO2. The third-order valence-corrected chi connectivity index (χ3v) is 3.45. The number of aliphatic hydroxyl groups excluding tert-OH is 1. The van der Waals surface area contributed by atoms with Crippen molar-refractivity contribution in [2.24, 2.45) is 0 Å². The first-order valence-electron chi connectivity index (χ1n) is 7.32. The Bertz CT molecular complexity index is 168. The van der Waals surface area contributed by atoms with Gasteiger partial charge >= 0.3 is 0 Å². The van der Waals surface area contributed by atoms with Crippen LogP contribution in [0, 0.1) is 0 Å². The van der Waals surface area contributed by atoms with Gasteiger partial charge in [0.05, 0.1) is 12.7 Å². The number of hydrogen-bond acceptors (Lipinski definition) is 3. The van der Waals surface area contributed by atoms with Gasteiger partial charge in [-0.15, -0.1) is 0 Å². The molecule has 1 aliphatic rings. The van der Waals surface area contributed by atoms with Crippen LogP contribution in [-0.2, 0) is 4.74 Å². The van der Waals surface area contributed by atoms with E-state index in [0.717, 1.165) is 19.4 Å². The minimum atomic E-state index is -0.352. The molecule has 0 aromatic heterocycles. The van der Waals surface area contributed by atoms with Gasteiger partial charge in [0, 0.05) is 19.2 Å². The maximum absolute atomic E-state index is 9.76. The maximum Gasteiger partial charge on any atom is 0.0897 e. The quantitative estimate of drug-likeness (QED) is 0.508. The lowest BCUT2D eigenvalue weighted by Crippen LogP contribution is -2.37. The van der Waals surface area contributed by atoms with Crippen LogP contribution >= 0.6 is 0 Å². The molecule has 1 fully saturated rings. The van der Waals surface area contributed by atoms with Crippen molar-refractivity contribution in [1.29, 1.82) is 0 Å². The standard InChI is InChI=1S/C14H29NO2/c1-2-3-10-17-12-14(16)11-15-13-8-6-4-5-7-9-13/h13-16H,2-12H2,1H3. The second-order valence-electron chi connectivity index (χ2n) is 5.18. The molecule has 0 spiro atoms. The van der Waals surface area contributed by atoms with E-state index in [0.29, 0.717) is 19.2 Å². The predicted octanol–water partition coefficient (Wildman–Crippen LogP) is 2.48. The molecule has 0 saturated heterocycles. The molecule has 3 nitrogen and oxygen atoms in total. The molecule has 17 heavy (non-hydrogen) atoms. The predicted molar refractivity (Wildman–Crippen MR) is 71.2 cm³/mol. The van der Waals surface area contributed by atoms with Crippen LogP contribution in [0.3, 0.4) is 0 Å². The molecule has 1 rings (SSSR count). The topological polar surface area (TPSA) is 41.5 Å². The van der Waals surface area contributed by atoms with E-state index in [-0.39, 0.29) is 6.10 Å². The molecule has 1 aliphatic carbocycles. The van der Waals surface area contributed by atoms with Gasteiger partial charge in [-0.05, 0) is 19.3 Å². The van der Waals surface area contributed by atoms with Crippen LogP contribution in [-0.4, -0.2) is 37.0 Å². The summed E-state index contributed by atoms with van der Waals surface area (Å²) in [5, 5.41) is 13.2. The van der Waals surface area contributed by atoms with Gasteiger partial charge in [0.25, 0.3) is 0 Å². The summed E-state index contributed by atoms with van der Waals surface area (Å²) in [4.78, 5) is 0. The van der Waals surface area contributed by atoms with E-state index in [1.165, 1.54) is 38.5 Å². The van der Waals surface area contributed by atoms with E-state index in [1.807, 2.05) is 0 Å². The minimum absolute atomic E-state index is 0.352. The third kappa shape index (κ3) is 7.74. The fourth-order valence-corrected chi connectivity index (χ4v) is 2.31. The zero-order chi connectivity index (χ0) is 12.3. The maximum atomic E-state index is 9.76. The summed E-state index contributed by atoms with van der Waals surface area (Å²) in [5.41, 5.74) is 0. The Morgan fingerprint density at radius 1 is 1.24 bits per heavy atom. The molecule has 102 valence electrons. The number of rotatable bonds is 8. The highest BCUT2D eigenvalue weighted by Crippen LogP contribution is 2.16. The Morgan fingerprint density at radius 3 is 2.59 bits per heavy atom. The lowest BCUT2D eigenvalue weighted by atomic mass is 10.1. The Morgan fingerprint density at radius 2 is 1.94 bits per heavy atom. The summed E-state index contributed by atoms with van der Waals surface area (Å²) >= 11 is 0. The van der Waals surface area contributed by atoms with Crippen molar-refractivity contribution in [3.63, 3.8) is 0 Å². The summed E-state index contributed by atoms with van der Waals surface area (Å²) in [6, 6.07) is 0.614. The summed E-state index contributed by atoms with van der Waals surface area (Å²) in [6.07, 6.45) is 9.84. The van der Waals surface area contributed by atoms with Gasteiger partial charge in [0.2, 0.25) is 0 Å². The van der Waals surface area contributed by atoms with Gasteiger partial charge in [0.1, 0.15) is 0 Å². The van der Waals surface area contributed by atoms with E-state index < -0.39 is 0 Å². The molecule has 1 atom stereocenters. The first kappa shape index (κ1) is 14.9. The van der Waals surface area contributed by atoms with E-state index >= 15 is 0 Å². The lowest BCUT2D eigenvalue weighted by Gasteiger charge is -2.19. The monoisotopic (exact) mass is 243 g/mol. The number of unbranched alkanes of at least 4 members (excludes halogenated alkanes) is 1. The van der Waals surface area contributed by atoms with E-state index in [4.69, 9.17) is 4.74 Å². The Balaban J connectivity index is 1.99. The molecule has 0 aromatic rings. The number of ether oxygens (including phenoxy) is 1. The molecule has 1 unspecified atom stereocenters. The van der Waals surface area contributed by atoms with Crippen molar-refractivity contribution in [2.45, 2.75) is 70.4 Å². The van der Waals surface area contributed by atoms with Crippen LogP contribution in [0.4, 0.5) is 0 Å². The minimum Gasteiger partial charge on any atom is -0.389 e. The zero-order valence-corrected chi connectivity index (χ0v) is 11.3. The van der Waals surface area contributed by atoms with Gasteiger partial charge in [-0.25, -0.2) is 0 Å². The van der Waals surface area contributed by atoms with E-state index in [9.17, 15) is 5.11 Å². The average Bonchev–Trinajstić information content (AvgIpc) is 2.60. The summed E-state index contributed by atoms with van der Waals surface area (Å²) < 4.78 is 5.41. The highest BCUT2D eigenvalue weighted by molar-refractivity contribution is 4.72. The first-order chi connectivity index (χ1) is 8.33. The van der Waals surface area contributed by atoms with Crippen molar-refractivity contribution in [3.05, 3.63) is 0 Å². The molecule has 0 heterocycles. The number of hydrogen-bond donors (Lipinski definition) is 2. The van der Waals surface area contributed by atoms with Crippen molar-refractivity contribution >= 4 is 0 Å². The van der Waals surface area contributed by atoms with Gasteiger partial charge in [-0.3, -0.25) is 0 Å². The molecule has 0 aromatic carbocycles. The molecule has 0 aliphatic heterocycles. The zero-order valence-electron chi connectivity index (χ0n) is 11.3. The van der Waals surface area contributed by atoms with Crippen LogP contribution in [0.25, 0.3) is 0 Å². The molecule has 0 radical (unpaired) electrons. The van der Waals surface area contributed by atoms with E-state index in [2.05, 4.69) is 12.2 Å². The Kier molecular flexibility index (Phi) is 8.67. The van der Waals surface area contributed by atoms with Crippen LogP contribution in [0.5, 0.6) is 0 Å². The molecular weight excluding hydrogens is 214 g/mol. The third-order valence-electron chi connectivity index (χ3n) is 3.45. The van der Waals surface area contributed by atoms with Crippen LogP contribution in [0.15, 0.2) is 0 Å². The van der Waals surface area contributed by atoms with Crippen molar-refractivity contribution in [2.75, 3.05) is 19.8 Å².